The van der Waals surface area contributed by atoms with Crippen molar-refractivity contribution in [3.63, 3.8) is 0 Å². The highest BCUT2D eigenvalue weighted by Gasteiger charge is 1.76. The predicted octanol–water partition coefficient (Wildman–Crippen LogP) is 3.78. The molecule has 0 bridgehead atoms. The van der Waals surface area contributed by atoms with Crippen LogP contribution in [0.1, 0.15) is 7.43 Å². The smallest absolute Gasteiger partial charge is 0.0865 e. The third kappa shape index (κ3) is 98.8. The Hall–Kier alpha value is 1.52. The van der Waals surface area contributed by atoms with Crippen molar-refractivity contribution < 1.29 is 0 Å². The third-order valence-corrected chi connectivity index (χ3v) is 0. The van der Waals surface area contributed by atoms with Crippen LogP contribution in [0.15, 0.2) is 0 Å². The average molecular weight is 326 g/mol. The van der Waals surface area contributed by atoms with Gasteiger partial charge in [-0.3, -0.25) is 0 Å². The molecule has 0 nitrogen and oxygen atoms in total. The molecule has 3 heteroatoms. The molecule has 0 atom stereocenters. The first-order valence-electron chi connectivity index (χ1n) is 1.87. The van der Waals surface area contributed by atoms with E-state index in [0.29, 0.717) is 0 Å². The summed E-state index contributed by atoms with van der Waals surface area (Å²) in [5.74, 6) is 0. The highest BCUT2D eigenvalue weighted by Crippen LogP contribution is 1.89. The maximum atomic E-state index is 2.17. The van der Waals surface area contributed by atoms with Gasteiger partial charge in [0, 0.05) is 37.2 Å². The van der Waals surface area contributed by atoms with E-state index < -0.39 is 0 Å². The Bertz CT molecular complexity index is 14.4. The van der Waals surface area contributed by atoms with E-state index in [0.717, 1.165) is 6.71 Å². The van der Waals surface area contributed by atoms with Crippen LogP contribution >= 0.6 is 37.2 Å². The van der Waals surface area contributed by atoms with Gasteiger partial charge >= 0.3 is 0 Å². The standard InChI is InChI=1S/C3H9B.CH4.I2/c1-4(2)3;;1-2/h1-3H3;1H4;. The molecule has 0 heterocycles. The summed E-state index contributed by atoms with van der Waals surface area (Å²) in [5.41, 5.74) is 0. The maximum Gasteiger partial charge on any atom is 0.130 e. The zero-order valence-electron chi connectivity index (χ0n) is 4.33. The Balaban J connectivity index is -0.0000000480. The minimum Gasteiger partial charge on any atom is -0.0865 e. The highest BCUT2D eigenvalue weighted by molar-refractivity contribution is 15.0. The molecule has 0 aromatic carbocycles. The van der Waals surface area contributed by atoms with E-state index in [4.69, 9.17) is 0 Å². The van der Waals surface area contributed by atoms with Crippen molar-refractivity contribution in [2.45, 2.75) is 27.9 Å². The molecular weight excluding hydrogens is 313 g/mol. The second-order valence-electron chi connectivity index (χ2n) is 1.73. The van der Waals surface area contributed by atoms with Crippen molar-refractivity contribution in [3.8, 4) is 0 Å². The summed E-state index contributed by atoms with van der Waals surface area (Å²) in [6.45, 7) is 7.33. The zero-order valence-corrected chi connectivity index (χ0v) is 8.65. The van der Waals surface area contributed by atoms with Crippen LogP contribution in [0.3, 0.4) is 0 Å². The second kappa shape index (κ2) is 15.6. The van der Waals surface area contributed by atoms with Gasteiger partial charge in [0.1, 0.15) is 6.71 Å². The van der Waals surface area contributed by atoms with E-state index in [1.54, 1.807) is 0 Å². The summed E-state index contributed by atoms with van der Waals surface area (Å²) in [7, 11) is 0. The Morgan fingerprint density at radius 3 is 1.00 bits per heavy atom. The summed E-state index contributed by atoms with van der Waals surface area (Å²) in [6.07, 6.45) is 0. The van der Waals surface area contributed by atoms with E-state index >= 15 is 0 Å². The van der Waals surface area contributed by atoms with E-state index in [2.05, 4.69) is 57.7 Å². The summed E-state index contributed by atoms with van der Waals surface area (Å²) >= 11 is 4.24. The molecule has 0 aromatic rings. The molecule has 0 rings (SSSR count). The van der Waals surface area contributed by atoms with Gasteiger partial charge in [0.2, 0.25) is 0 Å². The third-order valence-electron chi connectivity index (χ3n) is 0. The first-order chi connectivity index (χ1) is 2.73. The fourth-order valence-electron chi connectivity index (χ4n) is 0. The van der Waals surface area contributed by atoms with Crippen molar-refractivity contribution in [2.24, 2.45) is 0 Å². The molecule has 0 spiro atoms. The molecule has 0 aromatic heterocycles. The zero-order chi connectivity index (χ0) is 5.58. The van der Waals surface area contributed by atoms with Gasteiger partial charge in [0.25, 0.3) is 0 Å². The van der Waals surface area contributed by atoms with Gasteiger partial charge in [-0.05, 0) is 0 Å². The van der Waals surface area contributed by atoms with E-state index in [9.17, 15) is 0 Å². The van der Waals surface area contributed by atoms with Crippen LogP contribution in [0, 0.1) is 0 Å². The summed E-state index contributed by atoms with van der Waals surface area (Å²) in [5, 5.41) is 0. The van der Waals surface area contributed by atoms with E-state index in [-0.39, 0.29) is 7.43 Å². The molecule has 0 N–H and O–H groups in total. The molecule has 0 aliphatic carbocycles. The van der Waals surface area contributed by atoms with E-state index in [1.165, 1.54) is 0 Å². The average Bonchev–Trinajstić information content (AvgIpc) is 1.41. The van der Waals surface area contributed by atoms with Gasteiger partial charge in [0.05, 0.1) is 0 Å². The van der Waals surface area contributed by atoms with Crippen molar-refractivity contribution in [1.82, 2.24) is 0 Å². The van der Waals surface area contributed by atoms with Crippen LogP contribution in [-0.2, 0) is 0 Å². The lowest BCUT2D eigenvalue weighted by atomic mass is 9.58. The van der Waals surface area contributed by atoms with Crippen molar-refractivity contribution >= 4 is 43.9 Å². The lowest BCUT2D eigenvalue weighted by molar-refractivity contribution is 1.91. The Morgan fingerprint density at radius 2 is 1.00 bits per heavy atom. The SMILES string of the molecule is C.CB(C)C.II. The predicted molar refractivity (Wildman–Crippen MR) is 58.1 cm³/mol. The number of halogens is 2. The van der Waals surface area contributed by atoms with Crippen LogP contribution in [0.5, 0.6) is 0 Å². The topological polar surface area (TPSA) is 0 Å². The van der Waals surface area contributed by atoms with Gasteiger partial charge in [-0.2, -0.15) is 0 Å². The Kier molecular flexibility index (Phi) is 35.3. The van der Waals surface area contributed by atoms with Gasteiger partial charge in [-0.1, -0.05) is 27.9 Å². The maximum absolute atomic E-state index is 2.17. The van der Waals surface area contributed by atoms with E-state index in [1.807, 2.05) is 0 Å². The van der Waals surface area contributed by atoms with Crippen LogP contribution < -0.4 is 0 Å². The molecule has 0 aliphatic rings. The Labute approximate surface area is 71.2 Å². The fraction of sp³-hybridized carbons (Fsp3) is 1.00. The fourth-order valence-corrected chi connectivity index (χ4v) is 0. The first kappa shape index (κ1) is 15.8. The molecule has 0 unspecified atom stereocenters. The molecule has 0 fully saturated rings. The highest BCUT2D eigenvalue weighted by atomic mass is 128. The molecule has 0 amide bonds. The number of rotatable bonds is 0. The van der Waals surface area contributed by atoms with Crippen LogP contribution in [0.2, 0.25) is 20.5 Å². The monoisotopic (exact) mass is 326 g/mol. The number of hydrogen-bond donors (Lipinski definition) is 0. The molecule has 0 saturated heterocycles. The minimum absolute atomic E-state index is 0. The molecule has 46 valence electrons. The largest absolute Gasteiger partial charge is 0.130 e. The quantitative estimate of drug-likeness (QED) is 0.470. The minimum atomic E-state index is 0. The Morgan fingerprint density at radius 1 is 1.00 bits per heavy atom. The van der Waals surface area contributed by atoms with Crippen LogP contribution in [0.25, 0.3) is 0 Å². The van der Waals surface area contributed by atoms with Gasteiger partial charge in [-0.25, -0.2) is 0 Å². The molecule has 0 radical (unpaired) electrons. The molecule has 0 aliphatic heterocycles. The summed E-state index contributed by atoms with van der Waals surface area (Å²) < 4.78 is 0. The van der Waals surface area contributed by atoms with Crippen molar-refractivity contribution in [3.05, 3.63) is 0 Å². The molecule has 7 heavy (non-hydrogen) atoms. The molecular formula is C4H13BI2. The van der Waals surface area contributed by atoms with Crippen molar-refractivity contribution in [2.75, 3.05) is 0 Å². The van der Waals surface area contributed by atoms with Gasteiger partial charge in [-0.15, -0.1) is 0 Å². The molecule has 0 saturated carbocycles. The van der Waals surface area contributed by atoms with Crippen LogP contribution in [-0.4, -0.2) is 6.71 Å². The van der Waals surface area contributed by atoms with Gasteiger partial charge in [0.15, 0.2) is 0 Å². The normalized spacial score (nSPS) is 4.71. The van der Waals surface area contributed by atoms with Crippen LogP contribution in [0.4, 0.5) is 0 Å². The summed E-state index contributed by atoms with van der Waals surface area (Å²) in [6, 6.07) is 0. The number of hydrogen-bond acceptors (Lipinski definition) is 0. The lowest BCUT2D eigenvalue weighted by Gasteiger charge is -1.71. The lowest BCUT2D eigenvalue weighted by Crippen LogP contribution is -1.84. The van der Waals surface area contributed by atoms with Crippen molar-refractivity contribution in [1.29, 1.82) is 0 Å². The van der Waals surface area contributed by atoms with Gasteiger partial charge < -0.3 is 0 Å². The summed E-state index contributed by atoms with van der Waals surface area (Å²) in [4.78, 5) is 0. The first-order valence-corrected chi connectivity index (χ1v) is 8.16. The second-order valence-corrected chi connectivity index (χ2v) is 1.73.